The first-order valence-electron chi connectivity index (χ1n) is 7.09. The van der Waals surface area contributed by atoms with E-state index in [0.717, 1.165) is 44.7 Å². The number of hydrogen-bond donors (Lipinski definition) is 1. The van der Waals surface area contributed by atoms with Crippen molar-refractivity contribution in [2.75, 3.05) is 13.2 Å². The van der Waals surface area contributed by atoms with E-state index in [0.29, 0.717) is 18.1 Å². The molecule has 1 atom stereocenters. The normalized spacial score (nSPS) is 23.4. The lowest BCUT2D eigenvalue weighted by molar-refractivity contribution is 0.274. The summed E-state index contributed by atoms with van der Waals surface area (Å²) in [5.41, 5.74) is 0.637. The molecule has 0 radical (unpaired) electrons. The Kier molecular flexibility index (Phi) is 3.69. The molecule has 3 rings (SSSR count). The number of benzene rings is 1. The van der Waals surface area contributed by atoms with Gasteiger partial charge in [0.05, 0.1) is 6.61 Å². The van der Waals surface area contributed by atoms with Crippen LogP contribution < -0.4 is 10.1 Å². The molecule has 2 fully saturated rings. The predicted octanol–water partition coefficient (Wildman–Crippen LogP) is 3.57. The summed E-state index contributed by atoms with van der Waals surface area (Å²) >= 11 is 0. The fourth-order valence-electron chi connectivity index (χ4n) is 2.59. The summed E-state index contributed by atoms with van der Waals surface area (Å²) in [4.78, 5) is 0. The highest BCUT2D eigenvalue weighted by Crippen LogP contribution is 2.36. The molecule has 104 valence electrons. The van der Waals surface area contributed by atoms with Crippen LogP contribution in [0.5, 0.6) is 5.75 Å². The standard InChI is InChI=1S/C15H19F2NO/c16-11-7-12(14-3-1-2-6-18-14)15(13(17)8-11)19-9-10-4-5-10/h7-8,10,14,18H,1-6,9H2. The van der Waals surface area contributed by atoms with Crippen molar-refractivity contribution in [3.8, 4) is 5.75 Å². The summed E-state index contributed by atoms with van der Waals surface area (Å²) in [6.45, 7) is 1.44. The highest BCUT2D eigenvalue weighted by Gasteiger charge is 2.26. The van der Waals surface area contributed by atoms with Crippen LogP contribution in [-0.2, 0) is 0 Å². The zero-order chi connectivity index (χ0) is 13.2. The molecule has 1 aromatic rings. The summed E-state index contributed by atoms with van der Waals surface area (Å²) in [6, 6.07) is 2.33. The van der Waals surface area contributed by atoms with Gasteiger partial charge in [-0.3, -0.25) is 0 Å². The second kappa shape index (κ2) is 5.45. The molecule has 0 bridgehead atoms. The van der Waals surface area contributed by atoms with Crippen molar-refractivity contribution in [1.82, 2.24) is 5.32 Å². The average molecular weight is 267 g/mol. The van der Waals surface area contributed by atoms with Gasteiger partial charge < -0.3 is 10.1 Å². The molecule has 1 aliphatic carbocycles. The van der Waals surface area contributed by atoms with Gasteiger partial charge in [-0.1, -0.05) is 6.42 Å². The molecule has 0 amide bonds. The van der Waals surface area contributed by atoms with Crippen LogP contribution in [0, 0.1) is 17.6 Å². The van der Waals surface area contributed by atoms with E-state index >= 15 is 0 Å². The summed E-state index contributed by atoms with van der Waals surface area (Å²) < 4.78 is 33.0. The second-order valence-corrected chi connectivity index (χ2v) is 5.56. The Morgan fingerprint density at radius 1 is 1.16 bits per heavy atom. The van der Waals surface area contributed by atoms with Crippen LogP contribution in [0.2, 0.25) is 0 Å². The third-order valence-electron chi connectivity index (χ3n) is 3.88. The van der Waals surface area contributed by atoms with Gasteiger partial charge in [-0.2, -0.15) is 0 Å². The maximum Gasteiger partial charge on any atom is 0.168 e. The second-order valence-electron chi connectivity index (χ2n) is 5.56. The van der Waals surface area contributed by atoms with E-state index in [1.165, 1.54) is 6.07 Å². The lowest BCUT2D eigenvalue weighted by Gasteiger charge is -2.26. The van der Waals surface area contributed by atoms with E-state index in [-0.39, 0.29) is 11.8 Å². The fraction of sp³-hybridized carbons (Fsp3) is 0.600. The van der Waals surface area contributed by atoms with Gasteiger partial charge in [-0.15, -0.1) is 0 Å². The molecule has 1 heterocycles. The Hall–Kier alpha value is -1.16. The van der Waals surface area contributed by atoms with Gasteiger partial charge in [0.15, 0.2) is 11.6 Å². The van der Waals surface area contributed by atoms with E-state index in [1.54, 1.807) is 0 Å². The third-order valence-corrected chi connectivity index (χ3v) is 3.88. The van der Waals surface area contributed by atoms with E-state index < -0.39 is 11.6 Å². The smallest absolute Gasteiger partial charge is 0.168 e. The molecule has 1 saturated carbocycles. The van der Waals surface area contributed by atoms with Crippen LogP contribution in [0.1, 0.15) is 43.7 Å². The Bertz CT molecular complexity index is 454. The van der Waals surface area contributed by atoms with E-state index in [1.807, 2.05) is 0 Å². The summed E-state index contributed by atoms with van der Waals surface area (Å²) in [6.07, 6.45) is 5.41. The van der Waals surface area contributed by atoms with Crippen LogP contribution in [0.4, 0.5) is 8.78 Å². The van der Waals surface area contributed by atoms with Gasteiger partial charge in [0.2, 0.25) is 0 Å². The molecular weight excluding hydrogens is 248 g/mol. The quantitative estimate of drug-likeness (QED) is 0.900. The monoisotopic (exact) mass is 267 g/mol. The molecule has 4 heteroatoms. The van der Waals surface area contributed by atoms with Crippen LogP contribution in [0.25, 0.3) is 0 Å². The van der Waals surface area contributed by atoms with Crippen LogP contribution in [0.3, 0.4) is 0 Å². The number of ether oxygens (including phenoxy) is 1. The predicted molar refractivity (Wildman–Crippen MR) is 69.2 cm³/mol. The zero-order valence-electron chi connectivity index (χ0n) is 10.9. The topological polar surface area (TPSA) is 21.3 Å². The molecule has 2 nitrogen and oxygen atoms in total. The van der Waals surface area contributed by atoms with Crippen LogP contribution >= 0.6 is 0 Å². The van der Waals surface area contributed by atoms with Gasteiger partial charge in [-0.25, -0.2) is 8.78 Å². The van der Waals surface area contributed by atoms with Gasteiger partial charge in [-0.05, 0) is 44.2 Å². The number of rotatable bonds is 4. The molecule has 1 aliphatic heterocycles. The SMILES string of the molecule is Fc1cc(F)c(OCC2CC2)c(C2CCCCN2)c1. The average Bonchev–Trinajstić information content (AvgIpc) is 3.22. The molecule has 1 N–H and O–H groups in total. The van der Waals surface area contributed by atoms with Gasteiger partial charge >= 0.3 is 0 Å². The largest absolute Gasteiger partial charge is 0.490 e. The van der Waals surface area contributed by atoms with E-state index in [9.17, 15) is 8.78 Å². The number of halogens is 2. The van der Waals surface area contributed by atoms with E-state index in [4.69, 9.17) is 4.74 Å². The van der Waals surface area contributed by atoms with Crippen molar-refractivity contribution in [3.05, 3.63) is 29.3 Å². The number of nitrogens with one attached hydrogen (secondary N) is 1. The molecule has 1 unspecified atom stereocenters. The molecular formula is C15H19F2NO. The minimum absolute atomic E-state index is 0.00755. The Labute approximate surface area is 112 Å². The summed E-state index contributed by atoms with van der Waals surface area (Å²) in [7, 11) is 0. The zero-order valence-corrected chi connectivity index (χ0v) is 10.9. The number of piperidine rings is 1. The number of hydrogen-bond acceptors (Lipinski definition) is 2. The maximum atomic E-state index is 13.9. The molecule has 0 spiro atoms. The van der Waals surface area contributed by atoms with Crippen LogP contribution in [0.15, 0.2) is 12.1 Å². The Morgan fingerprint density at radius 3 is 2.68 bits per heavy atom. The summed E-state index contributed by atoms with van der Waals surface area (Å²) in [5, 5.41) is 3.32. The fourth-order valence-corrected chi connectivity index (χ4v) is 2.59. The third kappa shape index (κ3) is 3.06. The maximum absolute atomic E-state index is 13.9. The van der Waals surface area contributed by atoms with Crippen molar-refractivity contribution in [1.29, 1.82) is 0 Å². The van der Waals surface area contributed by atoms with Crippen molar-refractivity contribution >= 4 is 0 Å². The first kappa shape index (κ1) is 12.9. The van der Waals surface area contributed by atoms with Crippen molar-refractivity contribution < 1.29 is 13.5 Å². The highest BCUT2D eigenvalue weighted by molar-refractivity contribution is 5.38. The Balaban J connectivity index is 1.85. The van der Waals surface area contributed by atoms with Gasteiger partial charge in [0.25, 0.3) is 0 Å². The lowest BCUT2D eigenvalue weighted by Crippen LogP contribution is -2.27. The van der Waals surface area contributed by atoms with Gasteiger partial charge in [0, 0.05) is 17.7 Å². The molecule has 1 saturated heterocycles. The highest BCUT2D eigenvalue weighted by atomic mass is 19.1. The summed E-state index contributed by atoms with van der Waals surface area (Å²) in [5.74, 6) is -0.314. The minimum atomic E-state index is -0.581. The van der Waals surface area contributed by atoms with Crippen LogP contribution in [-0.4, -0.2) is 13.2 Å². The van der Waals surface area contributed by atoms with Crippen molar-refractivity contribution in [2.45, 2.75) is 38.1 Å². The molecule has 1 aromatic carbocycles. The lowest BCUT2D eigenvalue weighted by atomic mass is 9.96. The molecule has 0 aromatic heterocycles. The Morgan fingerprint density at radius 2 is 2.00 bits per heavy atom. The van der Waals surface area contributed by atoms with Gasteiger partial charge in [0.1, 0.15) is 5.82 Å². The molecule has 19 heavy (non-hydrogen) atoms. The first-order chi connectivity index (χ1) is 9.24. The minimum Gasteiger partial charge on any atom is -0.490 e. The molecule has 2 aliphatic rings. The van der Waals surface area contributed by atoms with Crippen molar-refractivity contribution in [2.24, 2.45) is 5.92 Å². The van der Waals surface area contributed by atoms with E-state index in [2.05, 4.69) is 5.32 Å². The van der Waals surface area contributed by atoms with Crippen molar-refractivity contribution in [3.63, 3.8) is 0 Å². The first-order valence-corrected chi connectivity index (χ1v) is 7.09.